The number of fused-ring (bicyclic) bond motifs is 7. The Balaban J connectivity index is 1.70. The molecule has 0 atom stereocenters. The van der Waals surface area contributed by atoms with Crippen LogP contribution in [0.5, 0.6) is 11.5 Å². The van der Waals surface area contributed by atoms with E-state index < -0.39 is 6.17 Å². The fraction of sp³-hybridized carbons (Fsp3) is 0.0370. The molecule has 150 valence electrons. The number of rotatable bonds is 1. The van der Waals surface area contributed by atoms with Crippen LogP contribution in [-0.4, -0.2) is 10.2 Å². The van der Waals surface area contributed by atoms with Crippen LogP contribution in [0.1, 0.15) is 11.7 Å². The van der Waals surface area contributed by atoms with Crippen LogP contribution in [0.15, 0.2) is 91.0 Å². The van der Waals surface area contributed by atoms with E-state index in [0.29, 0.717) is 5.56 Å². The molecule has 0 saturated carbocycles. The summed E-state index contributed by atoms with van der Waals surface area (Å²) in [6, 6.07) is 30.2. The summed E-state index contributed by atoms with van der Waals surface area (Å²) < 4.78 is 0. The number of hydrogen-bond donors (Lipinski definition) is 4. The Hall–Kier alpha value is -4.18. The molecule has 4 heteroatoms. The molecule has 5 aromatic rings. The van der Waals surface area contributed by atoms with Crippen molar-refractivity contribution < 1.29 is 10.2 Å². The maximum Gasteiger partial charge on any atom is 0.164 e. The molecule has 0 unspecified atom stereocenters. The van der Waals surface area contributed by atoms with Crippen molar-refractivity contribution in [1.82, 2.24) is 0 Å². The monoisotopic (exact) mass is 404 g/mol. The second-order valence-corrected chi connectivity index (χ2v) is 7.86. The highest BCUT2D eigenvalue weighted by Gasteiger charge is 2.26. The Bertz CT molecular complexity index is 1390. The number of aromatic hydroxyl groups is 2. The number of hydrogen-bond acceptors (Lipinski definition) is 4. The molecule has 0 radical (unpaired) electrons. The zero-order chi connectivity index (χ0) is 20.9. The highest BCUT2D eigenvalue weighted by Crippen LogP contribution is 2.48. The van der Waals surface area contributed by atoms with E-state index in [0.717, 1.165) is 33.3 Å². The van der Waals surface area contributed by atoms with Gasteiger partial charge in [0.1, 0.15) is 6.17 Å². The second-order valence-electron chi connectivity index (χ2n) is 7.86. The van der Waals surface area contributed by atoms with Crippen LogP contribution in [0.2, 0.25) is 0 Å². The van der Waals surface area contributed by atoms with Gasteiger partial charge in [0.05, 0.1) is 0 Å². The van der Waals surface area contributed by atoms with Gasteiger partial charge in [0.25, 0.3) is 0 Å². The predicted octanol–water partition coefficient (Wildman–Crippen LogP) is 6.61. The van der Waals surface area contributed by atoms with Crippen molar-refractivity contribution in [2.24, 2.45) is 0 Å². The molecule has 0 saturated heterocycles. The fourth-order valence-corrected chi connectivity index (χ4v) is 4.61. The molecule has 5 aromatic carbocycles. The summed E-state index contributed by atoms with van der Waals surface area (Å²) in [6.07, 6.45) is -0.422. The third-order valence-corrected chi connectivity index (χ3v) is 6.06. The van der Waals surface area contributed by atoms with E-state index in [4.69, 9.17) is 0 Å². The first-order chi connectivity index (χ1) is 15.2. The molecular weight excluding hydrogens is 384 g/mol. The van der Waals surface area contributed by atoms with Crippen LogP contribution in [0.3, 0.4) is 0 Å². The number of anilines is 2. The predicted molar refractivity (Wildman–Crippen MR) is 127 cm³/mol. The number of phenols is 2. The van der Waals surface area contributed by atoms with Crippen LogP contribution in [0.25, 0.3) is 32.7 Å². The Morgan fingerprint density at radius 3 is 1.68 bits per heavy atom. The van der Waals surface area contributed by atoms with E-state index in [9.17, 15) is 10.2 Å². The van der Waals surface area contributed by atoms with Gasteiger partial charge in [-0.05, 0) is 39.7 Å². The lowest BCUT2D eigenvalue weighted by molar-refractivity contribution is 0.398. The van der Waals surface area contributed by atoms with E-state index in [1.807, 2.05) is 6.07 Å². The quantitative estimate of drug-likeness (QED) is 0.237. The molecule has 0 amide bonds. The summed E-state index contributed by atoms with van der Waals surface area (Å²) in [5.41, 5.74) is 4.77. The van der Waals surface area contributed by atoms with Gasteiger partial charge in [0.15, 0.2) is 11.5 Å². The van der Waals surface area contributed by atoms with Crippen molar-refractivity contribution in [3.8, 4) is 22.6 Å². The van der Waals surface area contributed by atoms with Gasteiger partial charge >= 0.3 is 0 Å². The zero-order valence-electron chi connectivity index (χ0n) is 16.6. The minimum atomic E-state index is -0.422. The van der Waals surface area contributed by atoms with Crippen molar-refractivity contribution in [2.45, 2.75) is 6.17 Å². The number of benzene rings is 5. The van der Waals surface area contributed by atoms with Crippen molar-refractivity contribution >= 4 is 32.9 Å². The smallest absolute Gasteiger partial charge is 0.164 e. The lowest BCUT2D eigenvalue weighted by Crippen LogP contribution is -2.18. The van der Waals surface area contributed by atoms with Gasteiger partial charge in [-0.1, -0.05) is 72.8 Å². The average molecular weight is 404 g/mol. The Morgan fingerprint density at radius 2 is 1.10 bits per heavy atom. The highest BCUT2D eigenvalue weighted by molar-refractivity contribution is 6.14. The summed E-state index contributed by atoms with van der Waals surface area (Å²) in [6.45, 7) is 0. The van der Waals surface area contributed by atoms with Crippen LogP contribution < -0.4 is 10.6 Å². The van der Waals surface area contributed by atoms with Crippen LogP contribution in [-0.2, 0) is 0 Å². The SMILES string of the molecule is Oc1cccc(C2Nc3ccc4ccccc4c3-c3c(ccc4ccccc34)N2)c1O. The Morgan fingerprint density at radius 1 is 0.548 bits per heavy atom. The van der Waals surface area contributed by atoms with Gasteiger partial charge < -0.3 is 20.8 Å². The maximum absolute atomic E-state index is 10.6. The molecule has 0 aliphatic carbocycles. The van der Waals surface area contributed by atoms with Crippen LogP contribution in [0, 0.1) is 0 Å². The Kier molecular flexibility index (Phi) is 3.80. The first-order valence-corrected chi connectivity index (χ1v) is 10.3. The van der Waals surface area contributed by atoms with Crippen LogP contribution in [0.4, 0.5) is 11.4 Å². The molecule has 4 nitrogen and oxygen atoms in total. The van der Waals surface area contributed by atoms with E-state index in [1.54, 1.807) is 6.07 Å². The molecule has 0 spiro atoms. The summed E-state index contributed by atoms with van der Waals surface area (Å²) in [7, 11) is 0. The van der Waals surface area contributed by atoms with Crippen LogP contribution >= 0.6 is 0 Å². The number of phenolic OH excluding ortho intramolecular Hbond substituents is 2. The second kappa shape index (κ2) is 6.67. The molecule has 4 N–H and O–H groups in total. The van der Waals surface area contributed by atoms with Crippen molar-refractivity contribution in [2.75, 3.05) is 10.6 Å². The molecule has 0 fully saturated rings. The summed E-state index contributed by atoms with van der Waals surface area (Å²) in [4.78, 5) is 0. The topological polar surface area (TPSA) is 64.5 Å². The largest absolute Gasteiger partial charge is 0.504 e. The third-order valence-electron chi connectivity index (χ3n) is 6.06. The first-order valence-electron chi connectivity index (χ1n) is 10.3. The molecule has 1 aliphatic heterocycles. The van der Waals surface area contributed by atoms with Gasteiger partial charge in [-0.15, -0.1) is 0 Å². The third kappa shape index (κ3) is 2.69. The molecule has 0 bridgehead atoms. The fourth-order valence-electron chi connectivity index (χ4n) is 4.61. The number of nitrogens with one attached hydrogen (secondary N) is 2. The highest BCUT2D eigenvalue weighted by atomic mass is 16.3. The molecule has 6 rings (SSSR count). The van der Waals surface area contributed by atoms with Crippen molar-refractivity contribution in [3.05, 3.63) is 96.6 Å². The molecule has 1 heterocycles. The molecule has 31 heavy (non-hydrogen) atoms. The van der Waals surface area contributed by atoms with Crippen molar-refractivity contribution in [1.29, 1.82) is 0 Å². The molecular formula is C27H20N2O2. The van der Waals surface area contributed by atoms with Gasteiger partial charge in [0, 0.05) is 28.1 Å². The van der Waals surface area contributed by atoms with E-state index >= 15 is 0 Å². The van der Waals surface area contributed by atoms with E-state index in [1.165, 1.54) is 16.8 Å². The molecule has 0 aromatic heterocycles. The van der Waals surface area contributed by atoms with E-state index in [2.05, 4.69) is 83.4 Å². The van der Waals surface area contributed by atoms with E-state index in [-0.39, 0.29) is 11.5 Å². The van der Waals surface area contributed by atoms with Gasteiger partial charge in [0.2, 0.25) is 0 Å². The molecule has 1 aliphatic rings. The lowest BCUT2D eigenvalue weighted by atomic mass is 9.91. The van der Waals surface area contributed by atoms with Crippen molar-refractivity contribution in [3.63, 3.8) is 0 Å². The van der Waals surface area contributed by atoms with Gasteiger partial charge in [-0.2, -0.15) is 0 Å². The van der Waals surface area contributed by atoms with Gasteiger partial charge in [-0.3, -0.25) is 0 Å². The summed E-state index contributed by atoms with van der Waals surface area (Å²) >= 11 is 0. The zero-order valence-corrected chi connectivity index (χ0v) is 16.6. The number of para-hydroxylation sites is 1. The summed E-state index contributed by atoms with van der Waals surface area (Å²) in [5, 5.41) is 32.4. The minimum absolute atomic E-state index is 0.126. The average Bonchev–Trinajstić information content (AvgIpc) is 2.98. The normalized spacial score (nSPS) is 13.2. The lowest BCUT2D eigenvalue weighted by Gasteiger charge is -2.22. The maximum atomic E-state index is 10.6. The summed E-state index contributed by atoms with van der Waals surface area (Å²) in [5.74, 6) is -0.262. The Labute approximate surface area is 179 Å². The van der Waals surface area contributed by atoms with Gasteiger partial charge in [-0.25, -0.2) is 0 Å². The standard InChI is InChI=1S/C27H20N2O2/c30-23-11-5-10-20(26(23)31)27-28-21-14-12-16-6-1-3-8-18(16)24(21)25-19-9-4-2-7-17(19)13-15-22(25)29-27/h1-15,27-31H. The minimum Gasteiger partial charge on any atom is -0.504 e. The first kappa shape index (κ1) is 17.7.